The lowest BCUT2D eigenvalue weighted by atomic mass is 9.78. The minimum absolute atomic E-state index is 0.0531. The summed E-state index contributed by atoms with van der Waals surface area (Å²) in [7, 11) is 1.42. The van der Waals surface area contributed by atoms with Crippen LogP contribution < -0.4 is 14.8 Å². The van der Waals surface area contributed by atoms with Gasteiger partial charge in [-0.15, -0.1) is 0 Å². The van der Waals surface area contributed by atoms with Gasteiger partial charge >= 0.3 is 17.7 Å². The summed E-state index contributed by atoms with van der Waals surface area (Å²) in [5.74, 6) is -9.82. The van der Waals surface area contributed by atoms with Crippen LogP contribution in [0.1, 0.15) is 120 Å². The highest BCUT2D eigenvalue weighted by Crippen LogP contribution is 2.50. The molecule has 6 rings (SSSR count). The van der Waals surface area contributed by atoms with E-state index in [1.54, 1.807) is 79.4 Å². The van der Waals surface area contributed by atoms with Crippen LogP contribution in [0.2, 0.25) is 0 Å². The SMILES string of the molecule is CO[C@H]1/C=C/O[C@@]2(C)Oc3c(C)c(OC(=O)C(C)(C)C)c4c(c3C2=O)C(=O)C(N2C[C@@H](C)O[C@@H](C)C2)=C(NC(=O)/C(C)=C\C=C\[C@H](C)[C@H](O)[C@@H](C)[C@H](O)[C@H](C)[C@H](OC(C)=O)[C@@H]1C)C4=O. The number of fused-ring (bicyclic) bond motifs is 14. The van der Waals surface area contributed by atoms with Gasteiger partial charge in [0.2, 0.25) is 11.6 Å². The molecule has 0 saturated carbocycles. The number of morpholine rings is 1. The van der Waals surface area contributed by atoms with Gasteiger partial charge in [-0.1, -0.05) is 45.9 Å². The smallest absolute Gasteiger partial charge is 0.316 e. The number of amides is 1. The average molecular weight is 893 g/mol. The van der Waals surface area contributed by atoms with Crippen LogP contribution in [0.4, 0.5) is 0 Å². The number of hydrogen-bond acceptors (Lipinski definition) is 15. The number of Topliss-reactive ketones (excluding diaryl/α,β-unsaturated/α-hetero) is 3. The molecule has 11 atom stereocenters. The van der Waals surface area contributed by atoms with E-state index < -0.39 is 112 Å². The second-order valence-corrected chi connectivity index (χ2v) is 18.8. The third-order valence-corrected chi connectivity index (χ3v) is 12.5. The molecule has 4 heterocycles. The van der Waals surface area contributed by atoms with Crippen LogP contribution in [0, 0.1) is 36.0 Å². The number of ketones is 3. The van der Waals surface area contributed by atoms with Crippen LogP contribution in [0.3, 0.4) is 0 Å². The maximum absolute atomic E-state index is 15.3. The minimum Gasteiger partial charge on any atom is -0.462 e. The van der Waals surface area contributed by atoms with Gasteiger partial charge < -0.3 is 48.9 Å². The first kappa shape index (κ1) is 49.8. The summed E-state index contributed by atoms with van der Waals surface area (Å²) in [6.45, 7) is 21.2. The van der Waals surface area contributed by atoms with E-state index in [9.17, 15) is 29.4 Å². The van der Waals surface area contributed by atoms with Gasteiger partial charge in [0, 0.05) is 68.9 Å². The molecular formula is C48H64N2O14. The fourth-order valence-corrected chi connectivity index (χ4v) is 8.70. The Morgan fingerprint density at radius 2 is 1.50 bits per heavy atom. The second kappa shape index (κ2) is 19.1. The monoisotopic (exact) mass is 892 g/mol. The number of benzene rings is 1. The quantitative estimate of drug-likeness (QED) is 0.258. The van der Waals surface area contributed by atoms with Crippen molar-refractivity contribution in [3.05, 3.63) is 69.8 Å². The van der Waals surface area contributed by atoms with Gasteiger partial charge in [-0.3, -0.25) is 28.8 Å². The highest BCUT2D eigenvalue weighted by atomic mass is 16.7. The molecule has 16 heteroatoms. The first-order valence-electron chi connectivity index (χ1n) is 21.7. The van der Waals surface area contributed by atoms with Crippen LogP contribution in [0.15, 0.2) is 47.5 Å². The van der Waals surface area contributed by atoms with Crippen molar-refractivity contribution in [1.82, 2.24) is 10.2 Å². The standard InChI is InChI=1S/C48H64N2O14/c1-22-16-15-17-23(2)45(57)49-35-36(50-20-24(3)61-25(4)21-50)40(55)32-33(39(35)54)42(63-46(58)47(10,11)12)29(8)43-34(32)44(56)48(13,64-43)60-19-18-31(59-14)26(5)41(62-30(9)51)28(7)38(53)27(6)37(22)52/h15-19,22,24-28,31,37-38,41,52-53H,20-21H2,1-14H3,(H,49,57)/b16-15+,19-18+,23-17-/t22-,24-,25+,26+,27+,28-,31-,37-,38-,41+,48-/m0/s1. The molecular weight excluding hydrogens is 829 g/mol. The van der Waals surface area contributed by atoms with Crippen molar-refractivity contribution in [1.29, 1.82) is 0 Å². The third kappa shape index (κ3) is 9.75. The van der Waals surface area contributed by atoms with E-state index in [0.29, 0.717) is 0 Å². The number of methoxy groups -OCH3 is 1. The molecule has 5 bridgehead atoms. The summed E-state index contributed by atoms with van der Waals surface area (Å²) >= 11 is 0. The number of esters is 2. The summed E-state index contributed by atoms with van der Waals surface area (Å²) in [6, 6.07) is 0. The van der Waals surface area contributed by atoms with E-state index >= 15 is 9.59 Å². The number of allylic oxidation sites excluding steroid dienone is 4. The maximum Gasteiger partial charge on any atom is 0.316 e. The highest BCUT2D eigenvalue weighted by molar-refractivity contribution is 6.32. The number of ether oxygens (including phenoxy) is 6. The topological polar surface area (TPSA) is 214 Å². The first-order valence-corrected chi connectivity index (χ1v) is 21.7. The largest absolute Gasteiger partial charge is 0.462 e. The summed E-state index contributed by atoms with van der Waals surface area (Å²) < 4.78 is 35.9. The van der Waals surface area contributed by atoms with E-state index in [1.165, 1.54) is 53.2 Å². The lowest BCUT2D eigenvalue weighted by molar-refractivity contribution is -0.160. The summed E-state index contributed by atoms with van der Waals surface area (Å²) in [4.78, 5) is 87.0. The molecule has 3 N–H and O–H groups in total. The Labute approximate surface area is 375 Å². The Morgan fingerprint density at radius 3 is 2.08 bits per heavy atom. The third-order valence-electron chi connectivity index (χ3n) is 12.5. The van der Waals surface area contributed by atoms with Crippen molar-refractivity contribution < 1.29 is 67.4 Å². The molecule has 1 fully saturated rings. The summed E-state index contributed by atoms with van der Waals surface area (Å²) in [5, 5.41) is 25.7. The molecule has 0 unspecified atom stereocenters. The Kier molecular flexibility index (Phi) is 14.9. The number of nitrogens with one attached hydrogen (secondary N) is 1. The van der Waals surface area contributed by atoms with Crippen LogP contribution in [0.5, 0.6) is 11.5 Å². The molecule has 1 aromatic rings. The van der Waals surface area contributed by atoms with Gasteiger partial charge in [-0.05, 0) is 54.5 Å². The number of nitrogens with zero attached hydrogens (tertiary/aromatic N) is 1. The van der Waals surface area contributed by atoms with Gasteiger partial charge in [0.1, 0.15) is 29.0 Å². The van der Waals surface area contributed by atoms with Crippen molar-refractivity contribution in [2.24, 2.45) is 29.1 Å². The van der Waals surface area contributed by atoms with E-state index in [1.807, 2.05) is 0 Å². The molecule has 64 heavy (non-hydrogen) atoms. The molecule has 16 nitrogen and oxygen atoms in total. The van der Waals surface area contributed by atoms with Crippen LogP contribution in [-0.4, -0.2) is 113 Å². The molecule has 4 aliphatic heterocycles. The van der Waals surface area contributed by atoms with E-state index in [0.717, 1.165) is 0 Å². The Bertz CT molecular complexity index is 2190. The van der Waals surface area contributed by atoms with Crippen molar-refractivity contribution in [2.45, 2.75) is 132 Å². The number of rotatable bonds is 4. The Hall–Kier alpha value is -5.16. The zero-order valence-electron chi connectivity index (χ0n) is 39.3. The number of aliphatic hydroxyl groups is 2. The van der Waals surface area contributed by atoms with Crippen molar-refractivity contribution in [3.8, 4) is 11.5 Å². The van der Waals surface area contributed by atoms with Gasteiger partial charge in [0.25, 0.3) is 11.7 Å². The Balaban J connectivity index is 1.77. The lowest BCUT2D eigenvalue weighted by Gasteiger charge is -2.39. The van der Waals surface area contributed by atoms with Crippen LogP contribution >= 0.6 is 0 Å². The molecule has 0 aromatic heterocycles. The molecule has 1 aliphatic carbocycles. The second-order valence-electron chi connectivity index (χ2n) is 18.8. The molecule has 0 radical (unpaired) electrons. The first-order chi connectivity index (χ1) is 29.7. The van der Waals surface area contributed by atoms with Crippen molar-refractivity contribution >= 4 is 35.2 Å². The molecule has 1 amide bonds. The number of hydrogen-bond donors (Lipinski definition) is 3. The number of carbonyl (C=O) groups is 6. The fourth-order valence-electron chi connectivity index (χ4n) is 8.70. The molecule has 1 aromatic carbocycles. The lowest BCUT2D eigenvalue weighted by Crippen LogP contribution is -2.49. The highest BCUT2D eigenvalue weighted by Gasteiger charge is 2.54. The Morgan fingerprint density at radius 1 is 0.875 bits per heavy atom. The normalized spacial score (nSPS) is 33.7. The van der Waals surface area contributed by atoms with Crippen molar-refractivity contribution in [3.63, 3.8) is 0 Å². The molecule has 0 spiro atoms. The number of aliphatic hydroxyl groups excluding tert-OH is 2. The molecule has 1 saturated heterocycles. The summed E-state index contributed by atoms with van der Waals surface area (Å²) in [5.41, 5.74) is -2.55. The molecule has 5 aliphatic rings. The van der Waals surface area contributed by atoms with E-state index in [-0.39, 0.29) is 58.2 Å². The average Bonchev–Trinajstić information content (AvgIpc) is 3.48. The number of carbonyl (C=O) groups excluding carboxylic acids is 6. The predicted molar refractivity (Wildman–Crippen MR) is 233 cm³/mol. The van der Waals surface area contributed by atoms with E-state index in [4.69, 9.17) is 28.4 Å². The van der Waals surface area contributed by atoms with E-state index in [2.05, 4.69) is 5.32 Å². The minimum atomic E-state index is -2.14. The van der Waals surface area contributed by atoms with Gasteiger partial charge in [-0.25, -0.2) is 0 Å². The molecule has 350 valence electrons. The zero-order valence-corrected chi connectivity index (χ0v) is 39.3. The predicted octanol–water partition coefficient (Wildman–Crippen LogP) is 5.31. The zero-order chi connectivity index (χ0) is 47.9. The van der Waals surface area contributed by atoms with Gasteiger partial charge in [-0.2, -0.15) is 0 Å². The van der Waals surface area contributed by atoms with Crippen LogP contribution in [0.25, 0.3) is 0 Å². The van der Waals surface area contributed by atoms with Gasteiger partial charge in [0.05, 0.1) is 58.9 Å². The van der Waals surface area contributed by atoms with Gasteiger partial charge in [0.15, 0.2) is 0 Å². The summed E-state index contributed by atoms with van der Waals surface area (Å²) in [6.07, 6.45) is 2.53. The fraction of sp³-hybridized carbons (Fsp3) is 0.583. The van der Waals surface area contributed by atoms with Crippen molar-refractivity contribution in [2.75, 3.05) is 20.2 Å². The maximum atomic E-state index is 15.3. The van der Waals surface area contributed by atoms with Crippen LogP contribution in [-0.2, 0) is 33.3 Å².